The van der Waals surface area contributed by atoms with E-state index in [0.717, 1.165) is 49.6 Å². The number of benzene rings is 1. The number of carbonyl (C=O) groups is 1. The van der Waals surface area contributed by atoms with Crippen molar-refractivity contribution in [2.45, 2.75) is 45.6 Å². The number of nitrogens with one attached hydrogen (secondary N) is 2. The van der Waals surface area contributed by atoms with Crippen LogP contribution in [0.4, 0.5) is 5.82 Å². The molecule has 170 valence electrons. The summed E-state index contributed by atoms with van der Waals surface area (Å²) in [4.78, 5) is 23.8. The summed E-state index contributed by atoms with van der Waals surface area (Å²) in [6, 6.07) is 13.2. The summed E-state index contributed by atoms with van der Waals surface area (Å²) in [7, 11) is 0. The van der Waals surface area contributed by atoms with Crippen LogP contribution < -0.4 is 5.32 Å². The highest BCUT2D eigenvalue weighted by atomic mass is 16.2. The van der Waals surface area contributed by atoms with E-state index in [1.54, 1.807) is 18.3 Å². The van der Waals surface area contributed by atoms with E-state index in [0.29, 0.717) is 35.3 Å². The Morgan fingerprint density at radius 1 is 1.27 bits per heavy atom. The fraction of sp³-hybridized carbons (Fsp3) is 0.400. The van der Waals surface area contributed by atoms with Crippen LogP contribution in [0.15, 0.2) is 42.6 Å². The molecular formula is C25H29N7O. The molecule has 1 saturated heterocycles. The standard InChI is InChI=1S/C25H29N7O/c1-17(2)23-29-22(30-31-23)14-18-8-11-32(12-9-18)25(33)20-6-3-5-19(13-20)16-28-24-21(15-26)7-4-10-27-24/h3-7,10,13,17-18H,8-9,11-12,14,16H2,1-2H3,(H,27,28)(H,29,30,31). The predicted octanol–water partition coefficient (Wildman–Crippen LogP) is 3.90. The monoisotopic (exact) mass is 443 g/mol. The zero-order valence-corrected chi connectivity index (χ0v) is 19.1. The lowest BCUT2D eigenvalue weighted by atomic mass is 9.93. The number of nitriles is 1. The van der Waals surface area contributed by atoms with E-state index in [4.69, 9.17) is 0 Å². The fourth-order valence-electron chi connectivity index (χ4n) is 4.09. The molecule has 0 saturated carbocycles. The first-order valence-corrected chi connectivity index (χ1v) is 11.4. The molecule has 3 aromatic rings. The third-order valence-electron chi connectivity index (χ3n) is 6.01. The molecule has 0 radical (unpaired) electrons. The van der Waals surface area contributed by atoms with Crippen LogP contribution in [-0.4, -0.2) is 44.1 Å². The number of nitrogens with zero attached hydrogens (tertiary/aromatic N) is 5. The minimum Gasteiger partial charge on any atom is -0.365 e. The quantitative estimate of drug-likeness (QED) is 0.573. The van der Waals surface area contributed by atoms with Crippen LogP contribution in [0.5, 0.6) is 0 Å². The zero-order chi connectivity index (χ0) is 23.2. The maximum absolute atomic E-state index is 13.1. The number of aromatic amines is 1. The number of rotatable bonds is 7. The molecule has 1 fully saturated rings. The molecule has 0 atom stereocenters. The summed E-state index contributed by atoms with van der Waals surface area (Å²) in [5.41, 5.74) is 2.15. The summed E-state index contributed by atoms with van der Waals surface area (Å²) in [5, 5.41) is 19.8. The van der Waals surface area contributed by atoms with E-state index >= 15 is 0 Å². The first kappa shape index (κ1) is 22.5. The van der Waals surface area contributed by atoms with Gasteiger partial charge in [-0.1, -0.05) is 26.0 Å². The van der Waals surface area contributed by atoms with E-state index in [2.05, 4.69) is 45.4 Å². The molecule has 1 aliphatic heterocycles. The Labute approximate surface area is 194 Å². The molecule has 2 aromatic heterocycles. The Morgan fingerprint density at radius 2 is 2.09 bits per heavy atom. The van der Waals surface area contributed by atoms with Crippen LogP contribution in [0.1, 0.15) is 65.7 Å². The van der Waals surface area contributed by atoms with Gasteiger partial charge in [0.15, 0.2) is 5.82 Å². The number of aromatic nitrogens is 4. The van der Waals surface area contributed by atoms with Crippen LogP contribution in [-0.2, 0) is 13.0 Å². The minimum absolute atomic E-state index is 0.0626. The van der Waals surface area contributed by atoms with Crippen LogP contribution in [0.2, 0.25) is 0 Å². The normalized spacial score (nSPS) is 14.3. The van der Waals surface area contributed by atoms with Crippen LogP contribution in [0, 0.1) is 17.2 Å². The van der Waals surface area contributed by atoms with E-state index in [1.807, 2.05) is 29.2 Å². The largest absolute Gasteiger partial charge is 0.365 e. The molecule has 1 amide bonds. The van der Waals surface area contributed by atoms with Gasteiger partial charge >= 0.3 is 0 Å². The lowest BCUT2D eigenvalue weighted by Crippen LogP contribution is -2.39. The van der Waals surface area contributed by atoms with Gasteiger partial charge in [0.05, 0.1) is 5.56 Å². The van der Waals surface area contributed by atoms with Crippen molar-refractivity contribution in [1.29, 1.82) is 5.26 Å². The lowest BCUT2D eigenvalue weighted by Gasteiger charge is -2.31. The molecular weight excluding hydrogens is 414 g/mol. The van der Waals surface area contributed by atoms with Crippen molar-refractivity contribution in [1.82, 2.24) is 25.1 Å². The molecule has 8 heteroatoms. The molecule has 0 unspecified atom stereocenters. The third kappa shape index (κ3) is 5.55. The number of H-pyrrole nitrogens is 1. The maximum atomic E-state index is 13.1. The van der Waals surface area contributed by atoms with Gasteiger partial charge in [0, 0.05) is 43.7 Å². The SMILES string of the molecule is CC(C)c1n[nH]c(CC2CCN(C(=O)c3cccc(CNc4ncccc4C#N)c3)CC2)n1. The lowest BCUT2D eigenvalue weighted by molar-refractivity contribution is 0.0690. The van der Waals surface area contributed by atoms with Gasteiger partial charge in [-0.15, -0.1) is 0 Å². The van der Waals surface area contributed by atoms with Gasteiger partial charge in [-0.2, -0.15) is 10.4 Å². The average Bonchev–Trinajstić information content (AvgIpc) is 3.32. The number of likely N-dealkylation sites (tertiary alicyclic amines) is 1. The molecule has 8 nitrogen and oxygen atoms in total. The van der Waals surface area contributed by atoms with Gasteiger partial charge in [-0.05, 0) is 48.6 Å². The number of hydrogen-bond donors (Lipinski definition) is 2. The van der Waals surface area contributed by atoms with Crippen molar-refractivity contribution in [3.05, 3.63) is 70.9 Å². The first-order valence-electron chi connectivity index (χ1n) is 11.4. The maximum Gasteiger partial charge on any atom is 0.253 e. The van der Waals surface area contributed by atoms with E-state index in [9.17, 15) is 10.1 Å². The van der Waals surface area contributed by atoms with Gasteiger partial charge in [-0.3, -0.25) is 9.89 Å². The highest BCUT2D eigenvalue weighted by molar-refractivity contribution is 5.94. The second kappa shape index (κ2) is 10.3. The van der Waals surface area contributed by atoms with E-state index in [-0.39, 0.29) is 5.91 Å². The van der Waals surface area contributed by atoms with Crippen molar-refractivity contribution < 1.29 is 4.79 Å². The molecule has 3 heterocycles. The van der Waals surface area contributed by atoms with Crippen molar-refractivity contribution in [2.24, 2.45) is 5.92 Å². The molecule has 33 heavy (non-hydrogen) atoms. The second-order valence-corrected chi connectivity index (χ2v) is 8.80. The zero-order valence-electron chi connectivity index (χ0n) is 19.1. The smallest absolute Gasteiger partial charge is 0.253 e. The second-order valence-electron chi connectivity index (χ2n) is 8.80. The van der Waals surface area contributed by atoms with E-state index < -0.39 is 0 Å². The predicted molar refractivity (Wildman–Crippen MR) is 126 cm³/mol. The first-order chi connectivity index (χ1) is 16.0. The Balaban J connectivity index is 1.32. The van der Waals surface area contributed by atoms with Crippen molar-refractivity contribution in [3.63, 3.8) is 0 Å². The molecule has 2 N–H and O–H groups in total. The fourth-order valence-corrected chi connectivity index (χ4v) is 4.09. The van der Waals surface area contributed by atoms with Crippen molar-refractivity contribution in [3.8, 4) is 6.07 Å². The Hall–Kier alpha value is -3.73. The van der Waals surface area contributed by atoms with Gasteiger partial charge < -0.3 is 10.2 Å². The van der Waals surface area contributed by atoms with Crippen LogP contribution in [0.25, 0.3) is 0 Å². The summed E-state index contributed by atoms with van der Waals surface area (Å²) in [6.45, 7) is 6.16. The Bertz CT molecular complexity index is 1140. The number of piperidine rings is 1. The van der Waals surface area contributed by atoms with Gasteiger partial charge in [0.1, 0.15) is 17.7 Å². The van der Waals surface area contributed by atoms with Crippen LogP contribution in [0.3, 0.4) is 0 Å². The summed E-state index contributed by atoms with van der Waals surface area (Å²) in [5.74, 6) is 3.23. The molecule has 0 bridgehead atoms. The Kier molecular flexibility index (Phi) is 6.98. The molecule has 0 aliphatic carbocycles. The van der Waals surface area contributed by atoms with Gasteiger partial charge in [0.2, 0.25) is 0 Å². The van der Waals surface area contributed by atoms with E-state index in [1.165, 1.54) is 0 Å². The number of pyridine rings is 1. The number of carbonyl (C=O) groups excluding carboxylic acids is 1. The summed E-state index contributed by atoms with van der Waals surface area (Å²) >= 11 is 0. The average molecular weight is 444 g/mol. The topological polar surface area (TPSA) is 111 Å². The molecule has 1 aliphatic rings. The minimum atomic E-state index is 0.0626. The van der Waals surface area contributed by atoms with Crippen molar-refractivity contribution in [2.75, 3.05) is 18.4 Å². The molecule has 4 rings (SSSR count). The molecule has 0 spiro atoms. The van der Waals surface area contributed by atoms with Gasteiger partial charge in [-0.25, -0.2) is 9.97 Å². The van der Waals surface area contributed by atoms with Crippen molar-refractivity contribution >= 4 is 11.7 Å². The molecule has 1 aromatic carbocycles. The van der Waals surface area contributed by atoms with Gasteiger partial charge in [0.25, 0.3) is 5.91 Å². The summed E-state index contributed by atoms with van der Waals surface area (Å²) in [6.07, 6.45) is 4.45. The Morgan fingerprint density at radius 3 is 2.82 bits per heavy atom. The highest BCUT2D eigenvalue weighted by Crippen LogP contribution is 2.23. The van der Waals surface area contributed by atoms with Crippen LogP contribution >= 0.6 is 0 Å². The summed E-state index contributed by atoms with van der Waals surface area (Å²) < 4.78 is 0. The number of amides is 1. The number of hydrogen-bond acceptors (Lipinski definition) is 6. The number of anilines is 1. The highest BCUT2D eigenvalue weighted by Gasteiger charge is 2.25. The third-order valence-corrected chi connectivity index (χ3v) is 6.01.